The van der Waals surface area contributed by atoms with Crippen LogP contribution in [0.5, 0.6) is 11.5 Å². The maximum atomic E-state index is 14.7. The molecule has 30 heavy (non-hydrogen) atoms. The molecule has 0 saturated carbocycles. The van der Waals surface area contributed by atoms with Gasteiger partial charge in [-0.05, 0) is 18.2 Å². The largest absolute Gasteiger partial charge is 0.493 e. The van der Waals surface area contributed by atoms with E-state index in [1.165, 1.54) is 18.6 Å². The fraction of sp³-hybridized carbons (Fsp3) is 0.200. The molecule has 0 fully saturated rings. The molecule has 0 amide bonds. The first kappa shape index (κ1) is 17.4. The van der Waals surface area contributed by atoms with Crippen molar-refractivity contribution in [2.24, 2.45) is 0 Å². The maximum absolute atomic E-state index is 14.7. The molecule has 150 valence electrons. The Morgan fingerprint density at radius 3 is 2.93 bits per heavy atom. The zero-order valence-corrected chi connectivity index (χ0v) is 16.2. The third-order valence-electron chi connectivity index (χ3n) is 5.44. The number of hydrogen-bond donors (Lipinski definition) is 1. The fourth-order valence-electron chi connectivity index (χ4n) is 4.07. The monoisotopic (exact) mass is 424 g/mol. The predicted octanol–water partition coefficient (Wildman–Crippen LogP) is 3.46. The Hall–Kier alpha value is -3.46. The second kappa shape index (κ2) is 6.53. The minimum Gasteiger partial charge on any atom is -0.493 e. The molecule has 6 rings (SSSR count). The molecule has 2 aliphatic heterocycles. The second-order valence-corrected chi connectivity index (χ2v) is 7.53. The van der Waals surface area contributed by atoms with Crippen molar-refractivity contribution >= 4 is 23.1 Å². The third kappa shape index (κ3) is 2.51. The number of rotatable bonds is 1. The van der Waals surface area contributed by atoms with E-state index in [1.54, 1.807) is 16.8 Å². The van der Waals surface area contributed by atoms with E-state index in [9.17, 15) is 4.39 Å². The average molecular weight is 425 g/mol. The Labute approximate surface area is 174 Å². The van der Waals surface area contributed by atoms with Gasteiger partial charge in [0, 0.05) is 23.9 Å². The van der Waals surface area contributed by atoms with Crippen molar-refractivity contribution in [2.75, 3.05) is 18.5 Å². The van der Waals surface area contributed by atoms with Crippen LogP contribution in [0.25, 0.3) is 16.9 Å². The summed E-state index contributed by atoms with van der Waals surface area (Å²) < 4.78 is 28.4. The normalized spacial score (nSPS) is 17.1. The highest BCUT2D eigenvalue weighted by Gasteiger charge is 2.31. The van der Waals surface area contributed by atoms with Crippen molar-refractivity contribution in [3.05, 3.63) is 59.0 Å². The number of anilines is 1. The van der Waals surface area contributed by atoms with Crippen LogP contribution in [-0.2, 0) is 6.54 Å². The number of pyridine rings is 1. The van der Waals surface area contributed by atoms with E-state index in [-0.39, 0.29) is 18.3 Å². The van der Waals surface area contributed by atoms with Crippen LogP contribution in [0, 0.1) is 5.82 Å². The van der Waals surface area contributed by atoms with Crippen LogP contribution in [-0.4, -0.2) is 37.8 Å². The van der Waals surface area contributed by atoms with Crippen LogP contribution in [0.3, 0.4) is 0 Å². The fourth-order valence-corrected chi connectivity index (χ4v) is 4.28. The molecule has 0 radical (unpaired) electrons. The Balaban J connectivity index is 1.54. The average Bonchev–Trinajstić information content (AvgIpc) is 3.40. The Morgan fingerprint density at radius 1 is 1.20 bits per heavy atom. The Kier molecular flexibility index (Phi) is 3.79. The molecular weight excluding hydrogens is 411 g/mol. The number of benzene rings is 1. The molecule has 1 N–H and O–H groups in total. The quantitative estimate of drug-likeness (QED) is 0.500. The van der Waals surface area contributed by atoms with Crippen molar-refractivity contribution in [1.82, 2.24) is 24.6 Å². The summed E-state index contributed by atoms with van der Waals surface area (Å²) >= 11 is 6.33. The molecule has 0 bridgehead atoms. The van der Waals surface area contributed by atoms with Crippen molar-refractivity contribution in [3.63, 3.8) is 0 Å². The highest BCUT2D eigenvalue weighted by atomic mass is 35.5. The first-order chi connectivity index (χ1) is 14.7. The first-order valence-electron chi connectivity index (χ1n) is 9.34. The van der Waals surface area contributed by atoms with Crippen LogP contribution < -0.4 is 14.8 Å². The van der Waals surface area contributed by atoms with Gasteiger partial charge in [-0.25, -0.2) is 14.4 Å². The van der Waals surface area contributed by atoms with Crippen LogP contribution in [0.4, 0.5) is 10.2 Å². The van der Waals surface area contributed by atoms with E-state index >= 15 is 0 Å². The summed E-state index contributed by atoms with van der Waals surface area (Å²) in [5, 5.41) is 12.0. The molecule has 5 heterocycles. The topological polar surface area (TPSA) is 86.5 Å². The molecule has 8 nitrogen and oxygen atoms in total. The van der Waals surface area contributed by atoms with E-state index < -0.39 is 0 Å². The lowest BCUT2D eigenvalue weighted by Crippen LogP contribution is -2.13. The van der Waals surface area contributed by atoms with Gasteiger partial charge in [0.15, 0.2) is 17.2 Å². The van der Waals surface area contributed by atoms with E-state index in [1.807, 2.05) is 6.07 Å². The first-order valence-corrected chi connectivity index (χ1v) is 9.72. The lowest BCUT2D eigenvalue weighted by Gasteiger charge is -2.16. The number of fused-ring (bicyclic) bond motifs is 3. The van der Waals surface area contributed by atoms with Crippen LogP contribution in [0.15, 0.2) is 37.1 Å². The van der Waals surface area contributed by atoms with Gasteiger partial charge < -0.3 is 14.8 Å². The molecule has 0 saturated heterocycles. The molecule has 1 atom stereocenters. The maximum Gasteiger partial charge on any atom is 0.171 e. The summed E-state index contributed by atoms with van der Waals surface area (Å²) in [4.78, 5) is 8.25. The van der Waals surface area contributed by atoms with Gasteiger partial charge in [-0.3, -0.25) is 4.40 Å². The lowest BCUT2D eigenvalue weighted by molar-refractivity contribution is 0.249. The number of nitrogens with zero attached hydrogens (tertiary/aromatic N) is 5. The summed E-state index contributed by atoms with van der Waals surface area (Å²) in [6, 6.07) is 4.93. The van der Waals surface area contributed by atoms with Crippen LogP contribution in [0.1, 0.15) is 17.0 Å². The molecule has 10 heteroatoms. The molecule has 0 unspecified atom stereocenters. The minimum atomic E-state index is -0.274. The molecule has 3 aromatic heterocycles. The van der Waals surface area contributed by atoms with Gasteiger partial charge in [-0.15, -0.1) is 10.2 Å². The van der Waals surface area contributed by atoms with Gasteiger partial charge in [0.05, 0.1) is 35.4 Å². The van der Waals surface area contributed by atoms with Gasteiger partial charge >= 0.3 is 0 Å². The number of halogens is 2. The smallest absolute Gasteiger partial charge is 0.171 e. The molecule has 2 aliphatic rings. The van der Waals surface area contributed by atoms with E-state index in [2.05, 4.69) is 25.5 Å². The van der Waals surface area contributed by atoms with Crippen molar-refractivity contribution in [1.29, 1.82) is 0 Å². The zero-order chi connectivity index (χ0) is 20.2. The van der Waals surface area contributed by atoms with E-state index in [0.29, 0.717) is 58.0 Å². The number of nitrogens with one attached hydrogen (secondary N) is 1. The summed E-state index contributed by atoms with van der Waals surface area (Å²) in [7, 11) is 0. The summed E-state index contributed by atoms with van der Waals surface area (Å²) in [5.41, 5.74) is 3.17. The molecule has 4 aromatic rings. The Bertz CT molecular complexity index is 1310. The third-order valence-corrected chi connectivity index (χ3v) is 5.72. The standard InChI is InChI=1S/C20H14ClFN6O2/c21-13-5-23-8-25-18(13)11-3-16-20(28-9-26-27-19(11)28)24-4-12-14(22)1-2-15-17(12)10(6-29-15)7-30-16/h1-3,5,8-10,24H,4,6-7H2/t10-/m0/s1. The highest BCUT2D eigenvalue weighted by Crippen LogP contribution is 2.42. The van der Waals surface area contributed by atoms with Crippen molar-refractivity contribution in [3.8, 4) is 22.8 Å². The molecule has 0 spiro atoms. The summed E-state index contributed by atoms with van der Waals surface area (Å²) in [6.07, 6.45) is 4.52. The van der Waals surface area contributed by atoms with Gasteiger partial charge in [0.2, 0.25) is 0 Å². The van der Waals surface area contributed by atoms with Gasteiger partial charge in [0.25, 0.3) is 0 Å². The lowest BCUT2D eigenvalue weighted by atomic mass is 9.96. The SMILES string of the molecule is Fc1ccc2c3c1CNc1c(cc(-c4ncncc4Cl)c4nncn14)OC[C@@H]3CO2. The number of hydrogen-bond acceptors (Lipinski definition) is 7. The number of aromatic nitrogens is 5. The minimum absolute atomic E-state index is 0.0684. The second-order valence-electron chi connectivity index (χ2n) is 7.12. The van der Waals surface area contributed by atoms with Gasteiger partial charge in [-0.1, -0.05) is 11.6 Å². The predicted molar refractivity (Wildman–Crippen MR) is 106 cm³/mol. The molecule has 0 aliphatic carbocycles. The zero-order valence-electron chi connectivity index (χ0n) is 15.5. The molecule has 1 aromatic carbocycles. The van der Waals surface area contributed by atoms with Crippen LogP contribution >= 0.6 is 11.6 Å². The van der Waals surface area contributed by atoms with Gasteiger partial charge in [-0.2, -0.15) is 0 Å². The molecular formula is C20H14ClFN6O2. The van der Waals surface area contributed by atoms with Gasteiger partial charge in [0.1, 0.15) is 24.2 Å². The van der Waals surface area contributed by atoms with E-state index in [4.69, 9.17) is 21.1 Å². The van der Waals surface area contributed by atoms with Crippen molar-refractivity contribution in [2.45, 2.75) is 12.5 Å². The van der Waals surface area contributed by atoms with Crippen LogP contribution in [0.2, 0.25) is 5.02 Å². The summed E-state index contributed by atoms with van der Waals surface area (Å²) in [6.45, 7) is 1.05. The summed E-state index contributed by atoms with van der Waals surface area (Å²) in [5.74, 6) is 1.55. The number of ether oxygens (including phenoxy) is 2. The van der Waals surface area contributed by atoms with Crippen molar-refractivity contribution < 1.29 is 13.9 Å². The highest BCUT2D eigenvalue weighted by molar-refractivity contribution is 6.33. The Morgan fingerprint density at radius 2 is 2.07 bits per heavy atom. The van der Waals surface area contributed by atoms with E-state index in [0.717, 1.165) is 5.56 Å².